The van der Waals surface area contributed by atoms with Crippen LogP contribution in [0.2, 0.25) is 0 Å². The van der Waals surface area contributed by atoms with Gasteiger partial charge in [0, 0.05) is 17.8 Å². The van der Waals surface area contributed by atoms with Gasteiger partial charge in [-0.1, -0.05) is 0 Å². The second-order valence-corrected chi connectivity index (χ2v) is 2.91. The van der Waals surface area contributed by atoms with Gasteiger partial charge < -0.3 is 10.7 Å². The molecule has 86 valence electrons. The maximum Gasteiger partial charge on any atom is 0.417 e. The summed E-state index contributed by atoms with van der Waals surface area (Å²) < 4.78 is 36.8. The molecule has 1 aromatic rings. The highest BCUT2D eigenvalue weighted by molar-refractivity contribution is 5.90. The van der Waals surface area contributed by atoms with Crippen molar-refractivity contribution in [3.8, 4) is 0 Å². The lowest BCUT2D eigenvalue weighted by Gasteiger charge is -2.05. The number of nitrogens with two attached hydrogens (primary N) is 1. The monoisotopic (exact) mass is 232 g/mol. The van der Waals surface area contributed by atoms with Crippen LogP contribution in [0.25, 0.3) is 6.08 Å². The zero-order valence-electron chi connectivity index (χ0n) is 7.84. The van der Waals surface area contributed by atoms with Crippen LogP contribution in [0.1, 0.15) is 11.1 Å². The number of halogens is 3. The van der Waals surface area contributed by atoms with Gasteiger partial charge in [-0.15, -0.1) is 0 Å². The van der Waals surface area contributed by atoms with E-state index in [1.54, 1.807) is 0 Å². The van der Waals surface area contributed by atoms with Gasteiger partial charge in [0.2, 0.25) is 5.91 Å². The van der Waals surface area contributed by atoms with Crippen LogP contribution in [0.4, 0.5) is 13.2 Å². The third-order valence-corrected chi connectivity index (χ3v) is 1.69. The summed E-state index contributed by atoms with van der Waals surface area (Å²) in [4.78, 5) is 23.4. The molecule has 1 aromatic heterocycles. The second kappa shape index (κ2) is 4.21. The molecule has 0 spiro atoms. The highest BCUT2D eigenvalue weighted by Crippen LogP contribution is 2.28. The van der Waals surface area contributed by atoms with E-state index in [1.807, 2.05) is 4.98 Å². The average Bonchev–Trinajstić information content (AvgIpc) is 2.14. The van der Waals surface area contributed by atoms with E-state index in [9.17, 15) is 22.8 Å². The molecule has 0 aromatic carbocycles. The minimum atomic E-state index is -4.56. The van der Waals surface area contributed by atoms with Crippen LogP contribution in [-0.4, -0.2) is 10.9 Å². The van der Waals surface area contributed by atoms with Gasteiger partial charge in [0.15, 0.2) is 0 Å². The van der Waals surface area contributed by atoms with Crippen LogP contribution >= 0.6 is 0 Å². The predicted molar refractivity (Wildman–Crippen MR) is 50.3 cm³/mol. The van der Waals surface area contributed by atoms with Crippen molar-refractivity contribution in [2.24, 2.45) is 5.73 Å². The molecule has 0 fully saturated rings. The first-order chi connectivity index (χ1) is 7.30. The van der Waals surface area contributed by atoms with Crippen molar-refractivity contribution in [3.05, 3.63) is 39.8 Å². The molecule has 0 saturated carbocycles. The van der Waals surface area contributed by atoms with Crippen molar-refractivity contribution >= 4 is 12.0 Å². The number of nitrogens with one attached hydrogen (secondary N) is 1. The summed E-state index contributed by atoms with van der Waals surface area (Å²) in [7, 11) is 0. The Balaban J connectivity index is 3.20. The number of aromatic nitrogens is 1. The summed E-state index contributed by atoms with van der Waals surface area (Å²) in [5.74, 6) is -0.850. The van der Waals surface area contributed by atoms with Crippen LogP contribution in [0.3, 0.4) is 0 Å². The maximum atomic E-state index is 12.3. The average molecular weight is 232 g/mol. The molecule has 16 heavy (non-hydrogen) atoms. The first-order valence-electron chi connectivity index (χ1n) is 4.08. The van der Waals surface area contributed by atoms with Gasteiger partial charge in [-0.25, -0.2) is 0 Å². The first kappa shape index (κ1) is 12.0. The Kier molecular flexibility index (Phi) is 3.17. The minimum absolute atomic E-state index is 0.284. The van der Waals surface area contributed by atoms with Crippen LogP contribution in [0, 0.1) is 0 Å². The Morgan fingerprint density at radius 1 is 1.44 bits per heavy atom. The van der Waals surface area contributed by atoms with Gasteiger partial charge in [0.25, 0.3) is 5.56 Å². The fraction of sp³-hybridized carbons (Fsp3) is 0.111. The topological polar surface area (TPSA) is 76.0 Å². The third-order valence-electron chi connectivity index (χ3n) is 1.69. The van der Waals surface area contributed by atoms with Crippen molar-refractivity contribution in [2.45, 2.75) is 6.18 Å². The predicted octanol–water partition coefficient (Wildman–Crippen LogP) is 0.892. The van der Waals surface area contributed by atoms with E-state index in [1.165, 1.54) is 0 Å². The molecule has 0 aliphatic rings. The van der Waals surface area contributed by atoms with Crippen LogP contribution in [0.5, 0.6) is 0 Å². The number of alkyl halides is 3. The Labute approximate surface area is 87.6 Å². The third kappa shape index (κ3) is 2.97. The van der Waals surface area contributed by atoms with Crippen LogP contribution in [-0.2, 0) is 11.0 Å². The maximum absolute atomic E-state index is 12.3. The highest BCUT2D eigenvalue weighted by Gasteiger charge is 2.31. The number of carbonyl (C=O) groups excluding carboxylic acids is 1. The molecular formula is C9H7F3N2O2. The fourth-order valence-electron chi connectivity index (χ4n) is 0.961. The lowest BCUT2D eigenvalue weighted by atomic mass is 10.2. The summed E-state index contributed by atoms with van der Waals surface area (Å²) in [5, 5.41) is 0. The zero-order chi connectivity index (χ0) is 12.3. The Morgan fingerprint density at radius 2 is 2.06 bits per heavy atom. The number of rotatable bonds is 2. The number of aromatic amines is 1. The molecule has 0 saturated heterocycles. The number of primary amides is 1. The van der Waals surface area contributed by atoms with E-state index in [0.29, 0.717) is 12.3 Å². The molecule has 0 unspecified atom stereocenters. The van der Waals surface area contributed by atoms with Crippen LogP contribution in [0.15, 0.2) is 23.1 Å². The first-order valence-corrected chi connectivity index (χ1v) is 4.08. The summed E-state index contributed by atoms with van der Waals surface area (Å²) in [6.07, 6.45) is -2.26. The van der Waals surface area contributed by atoms with E-state index >= 15 is 0 Å². The Morgan fingerprint density at radius 3 is 2.56 bits per heavy atom. The molecule has 0 bridgehead atoms. The van der Waals surface area contributed by atoms with Gasteiger partial charge in [0.05, 0.1) is 5.56 Å². The molecule has 1 rings (SSSR count). The van der Waals surface area contributed by atoms with E-state index in [2.05, 4.69) is 0 Å². The smallest absolute Gasteiger partial charge is 0.366 e. The highest BCUT2D eigenvalue weighted by atomic mass is 19.4. The Hall–Kier alpha value is -2.05. The van der Waals surface area contributed by atoms with E-state index in [0.717, 1.165) is 12.2 Å². The number of pyridine rings is 1. The zero-order valence-corrected chi connectivity index (χ0v) is 7.84. The van der Waals surface area contributed by atoms with Crippen molar-refractivity contribution < 1.29 is 18.0 Å². The molecule has 7 heteroatoms. The standard InChI is InChI=1S/C9H7F3N2O2/c10-9(11,12)6-3-5(1-2-7(13)15)8(16)14-4-6/h1-4H,(H2,13,15)(H,14,16). The minimum Gasteiger partial charge on any atom is -0.366 e. The molecule has 4 nitrogen and oxygen atoms in total. The van der Waals surface area contributed by atoms with E-state index < -0.39 is 23.2 Å². The van der Waals surface area contributed by atoms with Gasteiger partial charge >= 0.3 is 6.18 Å². The summed E-state index contributed by atoms with van der Waals surface area (Å²) in [5.41, 5.74) is 2.74. The molecule has 0 atom stereocenters. The quantitative estimate of drug-likeness (QED) is 0.743. The number of hydrogen-bond acceptors (Lipinski definition) is 2. The second-order valence-electron chi connectivity index (χ2n) is 2.91. The van der Waals surface area contributed by atoms with Crippen molar-refractivity contribution in [3.63, 3.8) is 0 Å². The fourth-order valence-corrected chi connectivity index (χ4v) is 0.961. The Bertz CT molecular complexity index is 488. The number of hydrogen-bond donors (Lipinski definition) is 2. The van der Waals surface area contributed by atoms with E-state index in [4.69, 9.17) is 5.73 Å². The molecular weight excluding hydrogens is 225 g/mol. The molecule has 0 aliphatic heterocycles. The number of amides is 1. The number of carbonyl (C=O) groups is 1. The molecule has 3 N–H and O–H groups in total. The van der Waals surface area contributed by atoms with Crippen molar-refractivity contribution in [2.75, 3.05) is 0 Å². The molecule has 0 radical (unpaired) electrons. The summed E-state index contributed by atoms with van der Waals surface area (Å²) in [6, 6.07) is 0.637. The number of H-pyrrole nitrogens is 1. The normalized spacial score (nSPS) is 11.9. The molecule has 1 heterocycles. The largest absolute Gasteiger partial charge is 0.417 e. The summed E-state index contributed by atoms with van der Waals surface area (Å²) >= 11 is 0. The van der Waals surface area contributed by atoms with Crippen LogP contribution < -0.4 is 11.3 Å². The van der Waals surface area contributed by atoms with Gasteiger partial charge in [-0.2, -0.15) is 13.2 Å². The van der Waals surface area contributed by atoms with Gasteiger partial charge in [-0.05, 0) is 12.1 Å². The lowest BCUT2D eigenvalue weighted by molar-refractivity contribution is -0.137. The van der Waals surface area contributed by atoms with Gasteiger partial charge in [0.1, 0.15) is 0 Å². The van der Waals surface area contributed by atoms with Crippen molar-refractivity contribution in [1.29, 1.82) is 0 Å². The molecule has 1 amide bonds. The summed E-state index contributed by atoms with van der Waals surface area (Å²) in [6.45, 7) is 0. The van der Waals surface area contributed by atoms with Gasteiger partial charge in [-0.3, -0.25) is 9.59 Å². The van der Waals surface area contributed by atoms with Crippen molar-refractivity contribution in [1.82, 2.24) is 4.98 Å². The lowest BCUT2D eigenvalue weighted by Crippen LogP contribution is -2.14. The SMILES string of the molecule is NC(=O)C=Cc1cc(C(F)(F)F)c[nH]c1=O. The van der Waals surface area contributed by atoms with E-state index in [-0.39, 0.29) is 5.56 Å². The molecule has 0 aliphatic carbocycles.